The fraction of sp³-hybridized carbons (Fsp3) is 0.941. The van der Waals surface area contributed by atoms with Crippen LogP contribution in [0.3, 0.4) is 0 Å². The fourth-order valence-corrected chi connectivity index (χ4v) is 10.4. The van der Waals surface area contributed by atoms with Crippen molar-refractivity contribution in [2.45, 2.75) is 144 Å². The Morgan fingerprint density at radius 1 is 0.972 bits per heavy atom. The van der Waals surface area contributed by atoms with Crippen molar-refractivity contribution in [3.63, 3.8) is 0 Å². The number of fused-ring (bicyclic) bond motifs is 5. The predicted molar refractivity (Wildman–Crippen MR) is 151 cm³/mol. The highest BCUT2D eigenvalue weighted by atomic mass is 16.7. The SMILES string of the molecule is CC[C@H](CC[C@@H](C)[C@H]1CC[C@H]2[C@@H]3CC=C4C[C@@H](OC5CCCCO5)CC[C@]4(C)[C@H]3CC[C@]12C)C(C)C. The third kappa shape index (κ3) is 5.01. The summed E-state index contributed by atoms with van der Waals surface area (Å²) in [6, 6.07) is 0. The molecule has 0 spiro atoms. The van der Waals surface area contributed by atoms with Gasteiger partial charge in [-0.15, -0.1) is 0 Å². The number of hydrogen-bond donors (Lipinski definition) is 0. The molecule has 1 aliphatic heterocycles. The van der Waals surface area contributed by atoms with E-state index in [9.17, 15) is 0 Å². The summed E-state index contributed by atoms with van der Waals surface area (Å²) in [5, 5.41) is 0. The molecule has 5 aliphatic rings. The molecule has 4 fully saturated rings. The molecule has 0 radical (unpaired) electrons. The Kier molecular flexibility index (Phi) is 8.35. The highest BCUT2D eigenvalue weighted by Crippen LogP contribution is 2.67. The van der Waals surface area contributed by atoms with E-state index in [0.717, 1.165) is 60.9 Å². The third-order valence-electron chi connectivity index (χ3n) is 12.8. The van der Waals surface area contributed by atoms with E-state index in [4.69, 9.17) is 9.47 Å². The zero-order valence-electron chi connectivity index (χ0n) is 24.7. The van der Waals surface area contributed by atoms with E-state index < -0.39 is 0 Å². The van der Waals surface area contributed by atoms with Crippen LogP contribution in [0, 0.1) is 52.3 Å². The fourth-order valence-electron chi connectivity index (χ4n) is 10.4. The molecular weight excluding hydrogens is 440 g/mol. The van der Waals surface area contributed by atoms with E-state index in [1.165, 1.54) is 77.0 Å². The first-order chi connectivity index (χ1) is 17.3. The lowest BCUT2D eigenvalue weighted by atomic mass is 9.47. The van der Waals surface area contributed by atoms with Crippen LogP contribution in [0.5, 0.6) is 0 Å². The molecule has 0 amide bonds. The van der Waals surface area contributed by atoms with Crippen LogP contribution in [-0.2, 0) is 9.47 Å². The van der Waals surface area contributed by atoms with Gasteiger partial charge in [-0.25, -0.2) is 0 Å². The van der Waals surface area contributed by atoms with Crippen LogP contribution in [0.2, 0.25) is 0 Å². The molecule has 0 aromatic carbocycles. The van der Waals surface area contributed by atoms with Crippen molar-refractivity contribution in [1.29, 1.82) is 0 Å². The van der Waals surface area contributed by atoms with Crippen LogP contribution < -0.4 is 0 Å². The summed E-state index contributed by atoms with van der Waals surface area (Å²) in [5.41, 5.74) is 2.76. The number of ether oxygens (including phenoxy) is 2. The minimum absolute atomic E-state index is 0.0611. The summed E-state index contributed by atoms with van der Waals surface area (Å²) in [5.74, 6) is 6.38. The van der Waals surface area contributed by atoms with Gasteiger partial charge >= 0.3 is 0 Å². The van der Waals surface area contributed by atoms with E-state index in [1.54, 1.807) is 5.57 Å². The highest BCUT2D eigenvalue weighted by Gasteiger charge is 2.59. The van der Waals surface area contributed by atoms with E-state index in [1.807, 2.05) is 0 Å². The lowest BCUT2D eigenvalue weighted by Gasteiger charge is -2.58. The average Bonchev–Trinajstić information content (AvgIpc) is 3.22. The zero-order chi connectivity index (χ0) is 25.5. The van der Waals surface area contributed by atoms with Gasteiger partial charge in [0.25, 0.3) is 0 Å². The maximum absolute atomic E-state index is 6.49. The molecule has 36 heavy (non-hydrogen) atoms. The van der Waals surface area contributed by atoms with E-state index in [-0.39, 0.29) is 6.29 Å². The summed E-state index contributed by atoms with van der Waals surface area (Å²) >= 11 is 0. The Morgan fingerprint density at radius 2 is 1.81 bits per heavy atom. The zero-order valence-corrected chi connectivity index (χ0v) is 24.7. The molecule has 0 aromatic rings. The molecular formula is C34H58O2. The van der Waals surface area contributed by atoms with Crippen molar-refractivity contribution in [1.82, 2.24) is 0 Å². The van der Waals surface area contributed by atoms with Gasteiger partial charge in [0.05, 0.1) is 6.10 Å². The summed E-state index contributed by atoms with van der Waals surface area (Å²) < 4.78 is 12.4. The normalized spacial score (nSPS) is 44.4. The second-order valence-electron chi connectivity index (χ2n) is 14.8. The van der Waals surface area contributed by atoms with Crippen LogP contribution >= 0.6 is 0 Å². The van der Waals surface area contributed by atoms with E-state index in [2.05, 4.69) is 47.6 Å². The quantitative estimate of drug-likeness (QED) is 0.310. The predicted octanol–water partition coefficient (Wildman–Crippen LogP) is 9.58. The lowest BCUT2D eigenvalue weighted by molar-refractivity contribution is -0.195. The van der Waals surface area contributed by atoms with Crippen molar-refractivity contribution in [2.24, 2.45) is 52.3 Å². The van der Waals surface area contributed by atoms with Crippen molar-refractivity contribution in [3.8, 4) is 0 Å². The Bertz CT molecular complexity index is 765. The van der Waals surface area contributed by atoms with Crippen molar-refractivity contribution in [3.05, 3.63) is 11.6 Å². The summed E-state index contributed by atoms with van der Waals surface area (Å²) in [4.78, 5) is 0. The van der Waals surface area contributed by atoms with Gasteiger partial charge in [0.2, 0.25) is 0 Å². The second kappa shape index (κ2) is 11.0. The Hall–Kier alpha value is -0.340. The van der Waals surface area contributed by atoms with Gasteiger partial charge in [0.15, 0.2) is 6.29 Å². The third-order valence-corrected chi connectivity index (χ3v) is 12.8. The lowest BCUT2D eigenvalue weighted by Crippen LogP contribution is -2.51. The molecule has 1 saturated heterocycles. The first-order valence-corrected chi connectivity index (χ1v) is 16.2. The van der Waals surface area contributed by atoms with Crippen LogP contribution in [0.15, 0.2) is 11.6 Å². The molecule has 1 unspecified atom stereocenters. The molecule has 0 aromatic heterocycles. The molecule has 206 valence electrons. The molecule has 2 nitrogen and oxygen atoms in total. The first kappa shape index (κ1) is 27.2. The van der Waals surface area contributed by atoms with Gasteiger partial charge in [0.1, 0.15) is 0 Å². The topological polar surface area (TPSA) is 18.5 Å². The first-order valence-electron chi connectivity index (χ1n) is 16.2. The standard InChI is InChI=1S/C34H58O2/c1-7-25(23(2)3)12-11-24(4)29-15-16-30-28-14-13-26-22-27(36-32-10-8-9-21-35-32)17-19-33(26,5)31(28)18-20-34(29,30)6/h13,23-25,27-32H,7-12,14-22H2,1-6H3/t24-,25-,27+,28+,29-,30+,31+,32?,33+,34-/m1/s1. The molecule has 5 rings (SSSR count). The van der Waals surface area contributed by atoms with Crippen LogP contribution in [0.4, 0.5) is 0 Å². The maximum atomic E-state index is 6.49. The summed E-state index contributed by atoms with van der Waals surface area (Å²) in [6.07, 6.45) is 22.0. The Balaban J connectivity index is 1.24. The smallest absolute Gasteiger partial charge is 0.157 e. The van der Waals surface area contributed by atoms with E-state index >= 15 is 0 Å². The molecule has 1 heterocycles. The monoisotopic (exact) mass is 498 g/mol. The number of allylic oxidation sites excluding steroid dienone is 1. The van der Waals surface area contributed by atoms with Crippen LogP contribution in [0.1, 0.15) is 131 Å². The molecule has 0 bridgehead atoms. The van der Waals surface area contributed by atoms with Crippen molar-refractivity contribution < 1.29 is 9.47 Å². The molecule has 10 atom stereocenters. The van der Waals surface area contributed by atoms with Crippen LogP contribution in [-0.4, -0.2) is 19.0 Å². The van der Waals surface area contributed by atoms with Gasteiger partial charge in [-0.3, -0.25) is 0 Å². The molecule has 3 saturated carbocycles. The molecule has 4 aliphatic carbocycles. The van der Waals surface area contributed by atoms with Gasteiger partial charge in [-0.2, -0.15) is 0 Å². The Labute approximate surface area is 223 Å². The second-order valence-corrected chi connectivity index (χ2v) is 14.8. The average molecular weight is 499 g/mol. The summed E-state index contributed by atoms with van der Waals surface area (Å²) in [7, 11) is 0. The largest absolute Gasteiger partial charge is 0.353 e. The van der Waals surface area contributed by atoms with Gasteiger partial charge in [-0.05, 0) is 129 Å². The minimum Gasteiger partial charge on any atom is -0.353 e. The van der Waals surface area contributed by atoms with Gasteiger partial charge in [0, 0.05) is 6.61 Å². The van der Waals surface area contributed by atoms with Crippen molar-refractivity contribution >= 4 is 0 Å². The highest BCUT2D eigenvalue weighted by molar-refractivity contribution is 5.25. The Morgan fingerprint density at radius 3 is 2.53 bits per heavy atom. The summed E-state index contributed by atoms with van der Waals surface area (Å²) in [6.45, 7) is 16.2. The van der Waals surface area contributed by atoms with Gasteiger partial charge < -0.3 is 9.47 Å². The number of hydrogen-bond acceptors (Lipinski definition) is 2. The van der Waals surface area contributed by atoms with Gasteiger partial charge in [-0.1, -0.05) is 66.0 Å². The molecule has 0 N–H and O–H groups in total. The van der Waals surface area contributed by atoms with E-state index in [0.29, 0.717) is 16.9 Å². The van der Waals surface area contributed by atoms with Crippen molar-refractivity contribution in [2.75, 3.05) is 6.61 Å². The minimum atomic E-state index is 0.0611. The maximum Gasteiger partial charge on any atom is 0.157 e. The molecule has 2 heteroatoms. The number of rotatable bonds is 8. The van der Waals surface area contributed by atoms with Crippen LogP contribution in [0.25, 0.3) is 0 Å².